The molecule has 28 heavy (non-hydrogen) atoms. The highest BCUT2D eigenvalue weighted by Crippen LogP contribution is 2.13. The Bertz CT molecular complexity index is 832. The number of anilines is 2. The van der Waals surface area contributed by atoms with E-state index in [1.54, 1.807) is 62.6 Å². The Balaban J connectivity index is 1.88. The van der Waals surface area contributed by atoms with E-state index in [0.29, 0.717) is 23.4 Å². The molecule has 0 spiro atoms. The molecule has 0 fully saturated rings. The molecule has 0 saturated heterocycles. The monoisotopic (exact) mass is 382 g/mol. The summed E-state index contributed by atoms with van der Waals surface area (Å²) in [5.74, 6) is -0.477. The number of amides is 3. The van der Waals surface area contributed by atoms with E-state index in [1.165, 1.54) is 4.90 Å². The van der Waals surface area contributed by atoms with Gasteiger partial charge in [-0.2, -0.15) is 0 Å². The average Bonchev–Trinajstić information content (AvgIpc) is 2.70. The van der Waals surface area contributed by atoms with E-state index in [2.05, 4.69) is 16.0 Å². The van der Waals surface area contributed by atoms with Crippen LogP contribution in [0.15, 0.2) is 48.5 Å². The Hall–Kier alpha value is -3.35. The fraction of sp³-hybridized carbons (Fsp3) is 0.286. The van der Waals surface area contributed by atoms with Gasteiger partial charge in [0.2, 0.25) is 5.91 Å². The van der Waals surface area contributed by atoms with E-state index < -0.39 is 0 Å². The predicted octanol–water partition coefficient (Wildman–Crippen LogP) is 2.58. The molecule has 0 unspecified atom stereocenters. The lowest BCUT2D eigenvalue weighted by Gasteiger charge is -2.12. The molecule has 0 heterocycles. The van der Waals surface area contributed by atoms with Gasteiger partial charge in [-0.1, -0.05) is 13.0 Å². The Kier molecular flexibility index (Phi) is 7.56. The maximum Gasteiger partial charge on any atom is 0.253 e. The predicted molar refractivity (Wildman–Crippen MR) is 111 cm³/mol. The Morgan fingerprint density at radius 2 is 1.64 bits per heavy atom. The topological polar surface area (TPSA) is 90.5 Å². The normalized spacial score (nSPS) is 10.1. The van der Waals surface area contributed by atoms with E-state index in [0.717, 1.165) is 12.1 Å². The molecule has 0 bridgehead atoms. The second-order valence-corrected chi connectivity index (χ2v) is 6.52. The van der Waals surface area contributed by atoms with Crippen molar-refractivity contribution in [2.24, 2.45) is 0 Å². The molecule has 3 amide bonds. The molecule has 0 aliphatic carbocycles. The molecule has 7 heteroatoms. The second-order valence-electron chi connectivity index (χ2n) is 6.52. The molecule has 2 rings (SSSR count). The zero-order valence-corrected chi connectivity index (χ0v) is 16.4. The van der Waals surface area contributed by atoms with Crippen molar-refractivity contribution in [1.29, 1.82) is 0 Å². The average molecular weight is 382 g/mol. The highest BCUT2D eigenvalue weighted by Gasteiger charge is 2.10. The molecular weight excluding hydrogens is 356 g/mol. The van der Waals surface area contributed by atoms with Crippen molar-refractivity contribution in [3.05, 3.63) is 59.7 Å². The minimum Gasteiger partial charge on any atom is -0.376 e. The summed E-state index contributed by atoms with van der Waals surface area (Å²) < 4.78 is 0. The number of carbonyl (C=O) groups excluding carboxylic acids is 3. The lowest BCUT2D eigenvalue weighted by Crippen LogP contribution is -2.24. The Morgan fingerprint density at radius 3 is 2.29 bits per heavy atom. The van der Waals surface area contributed by atoms with E-state index in [9.17, 15) is 14.4 Å². The first-order valence-corrected chi connectivity index (χ1v) is 9.14. The number of nitrogens with zero attached hydrogens (tertiary/aromatic N) is 1. The molecule has 0 aliphatic heterocycles. The van der Waals surface area contributed by atoms with Crippen molar-refractivity contribution in [3.8, 4) is 0 Å². The second kappa shape index (κ2) is 10.1. The molecule has 0 radical (unpaired) electrons. The van der Waals surface area contributed by atoms with Gasteiger partial charge in [0.25, 0.3) is 11.8 Å². The van der Waals surface area contributed by atoms with Crippen molar-refractivity contribution in [3.63, 3.8) is 0 Å². The zero-order valence-electron chi connectivity index (χ0n) is 16.4. The summed E-state index contributed by atoms with van der Waals surface area (Å²) in [6, 6.07) is 13.7. The van der Waals surface area contributed by atoms with Crippen LogP contribution in [0.1, 0.15) is 34.1 Å². The SMILES string of the molecule is CCCNC(=O)c1ccc(NCC(=O)Nc2cccc(C(=O)N(C)C)c2)cc1. The third-order valence-corrected chi connectivity index (χ3v) is 3.94. The third kappa shape index (κ3) is 6.12. The van der Waals surface area contributed by atoms with Crippen LogP contribution >= 0.6 is 0 Å². The highest BCUT2D eigenvalue weighted by molar-refractivity contribution is 5.98. The Morgan fingerprint density at radius 1 is 0.929 bits per heavy atom. The Labute approximate surface area is 165 Å². The standard InChI is InChI=1S/C21H26N4O3/c1-4-12-22-20(27)15-8-10-17(11-9-15)23-14-19(26)24-18-7-5-6-16(13-18)21(28)25(2)3/h5-11,13,23H,4,12,14H2,1-3H3,(H,22,27)(H,24,26). The molecule has 7 nitrogen and oxygen atoms in total. The summed E-state index contributed by atoms with van der Waals surface area (Å²) in [5.41, 5.74) is 2.37. The van der Waals surface area contributed by atoms with Crippen LogP contribution in [-0.2, 0) is 4.79 Å². The number of hydrogen-bond donors (Lipinski definition) is 3. The number of rotatable bonds is 8. The van der Waals surface area contributed by atoms with Gasteiger partial charge >= 0.3 is 0 Å². The number of hydrogen-bond acceptors (Lipinski definition) is 4. The lowest BCUT2D eigenvalue weighted by atomic mass is 10.2. The van der Waals surface area contributed by atoms with Gasteiger partial charge in [0.1, 0.15) is 0 Å². The molecule has 148 valence electrons. The maximum atomic E-state index is 12.2. The van der Waals surface area contributed by atoms with Gasteiger partial charge in [-0.25, -0.2) is 0 Å². The summed E-state index contributed by atoms with van der Waals surface area (Å²) in [6.45, 7) is 2.70. The van der Waals surface area contributed by atoms with E-state index in [1.807, 2.05) is 6.92 Å². The first-order valence-electron chi connectivity index (χ1n) is 9.14. The molecular formula is C21H26N4O3. The molecule has 3 N–H and O–H groups in total. The van der Waals surface area contributed by atoms with Gasteiger partial charge < -0.3 is 20.9 Å². The van der Waals surface area contributed by atoms with E-state index in [-0.39, 0.29) is 24.3 Å². The summed E-state index contributed by atoms with van der Waals surface area (Å²) in [4.78, 5) is 37.5. The van der Waals surface area contributed by atoms with Gasteiger partial charge in [-0.05, 0) is 48.9 Å². The van der Waals surface area contributed by atoms with Crippen molar-refractivity contribution in [1.82, 2.24) is 10.2 Å². The minimum absolute atomic E-state index is 0.0627. The molecule has 2 aromatic rings. The largest absolute Gasteiger partial charge is 0.376 e. The number of nitrogens with one attached hydrogen (secondary N) is 3. The zero-order chi connectivity index (χ0) is 20.5. The van der Waals surface area contributed by atoms with Gasteiger partial charge in [-0.3, -0.25) is 14.4 Å². The minimum atomic E-state index is -0.237. The van der Waals surface area contributed by atoms with Crippen molar-refractivity contribution in [2.75, 3.05) is 37.8 Å². The maximum absolute atomic E-state index is 12.2. The number of benzene rings is 2. The van der Waals surface area contributed by atoms with Crippen molar-refractivity contribution >= 4 is 29.1 Å². The summed E-state index contributed by atoms with van der Waals surface area (Å²) in [7, 11) is 3.35. The van der Waals surface area contributed by atoms with Crippen molar-refractivity contribution < 1.29 is 14.4 Å². The first kappa shape index (κ1) is 21.0. The molecule has 0 atom stereocenters. The quantitative estimate of drug-likeness (QED) is 0.654. The van der Waals surface area contributed by atoms with Crippen LogP contribution in [0.2, 0.25) is 0 Å². The molecule has 0 aliphatic rings. The fourth-order valence-corrected chi connectivity index (χ4v) is 2.46. The van der Waals surface area contributed by atoms with Crippen LogP contribution < -0.4 is 16.0 Å². The number of carbonyl (C=O) groups is 3. The van der Waals surface area contributed by atoms with Crippen LogP contribution in [0.25, 0.3) is 0 Å². The molecule has 2 aromatic carbocycles. The third-order valence-electron chi connectivity index (χ3n) is 3.94. The first-order chi connectivity index (χ1) is 13.4. The summed E-state index contributed by atoms with van der Waals surface area (Å²) >= 11 is 0. The van der Waals surface area contributed by atoms with Crippen molar-refractivity contribution in [2.45, 2.75) is 13.3 Å². The van der Waals surface area contributed by atoms with Crippen LogP contribution in [0.5, 0.6) is 0 Å². The van der Waals surface area contributed by atoms with E-state index >= 15 is 0 Å². The molecule has 0 saturated carbocycles. The molecule has 0 aromatic heterocycles. The van der Waals surface area contributed by atoms with Gasteiger partial charge in [0, 0.05) is 43.1 Å². The lowest BCUT2D eigenvalue weighted by molar-refractivity contribution is -0.114. The van der Waals surface area contributed by atoms with Crippen LogP contribution in [0.4, 0.5) is 11.4 Å². The van der Waals surface area contributed by atoms with Crippen LogP contribution in [-0.4, -0.2) is 49.8 Å². The van der Waals surface area contributed by atoms with Gasteiger partial charge in [0.05, 0.1) is 6.54 Å². The van der Waals surface area contributed by atoms with Crippen LogP contribution in [0, 0.1) is 0 Å². The fourth-order valence-electron chi connectivity index (χ4n) is 2.46. The van der Waals surface area contributed by atoms with Gasteiger partial charge in [0.15, 0.2) is 0 Å². The smallest absolute Gasteiger partial charge is 0.253 e. The van der Waals surface area contributed by atoms with E-state index in [4.69, 9.17) is 0 Å². The van der Waals surface area contributed by atoms with Gasteiger partial charge in [-0.15, -0.1) is 0 Å². The summed E-state index contributed by atoms with van der Waals surface area (Å²) in [6.07, 6.45) is 0.882. The highest BCUT2D eigenvalue weighted by atomic mass is 16.2. The summed E-state index contributed by atoms with van der Waals surface area (Å²) in [5, 5.41) is 8.59. The van der Waals surface area contributed by atoms with Crippen LogP contribution in [0.3, 0.4) is 0 Å².